The molecule has 1 atom stereocenters. The maximum atomic E-state index is 12.8. The van der Waals surface area contributed by atoms with Crippen molar-refractivity contribution < 1.29 is 23.8 Å². The molecule has 0 saturated carbocycles. The molecule has 0 aromatic heterocycles. The molecule has 2 aromatic rings. The van der Waals surface area contributed by atoms with E-state index in [1.165, 1.54) is 0 Å². The fourth-order valence-electron chi connectivity index (χ4n) is 3.84. The lowest BCUT2D eigenvalue weighted by Gasteiger charge is -2.32. The highest BCUT2D eigenvalue weighted by Gasteiger charge is 2.28. The van der Waals surface area contributed by atoms with Crippen LogP contribution in [0.3, 0.4) is 0 Å². The third-order valence-corrected chi connectivity index (χ3v) is 5.80. The first-order chi connectivity index (χ1) is 16.0. The van der Waals surface area contributed by atoms with Gasteiger partial charge in [0.2, 0.25) is 11.8 Å². The van der Waals surface area contributed by atoms with Crippen LogP contribution in [-0.2, 0) is 16.1 Å². The SMILES string of the molecule is CCOc1c(Cl)cc(CNC(=O)C2CCCN(C(=O)CCOc3ccccc3)C2)cc1OC. The number of benzene rings is 2. The summed E-state index contributed by atoms with van der Waals surface area (Å²) in [5.41, 5.74) is 0.815. The van der Waals surface area contributed by atoms with Crippen LogP contribution in [0.15, 0.2) is 42.5 Å². The van der Waals surface area contributed by atoms with Gasteiger partial charge in [0, 0.05) is 19.6 Å². The van der Waals surface area contributed by atoms with Gasteiger partial charge in [-0.15, -0.1) is 0 Å². The van der Waals surface area contributed by atoms with E-state index < -0.39 is 0 Å². The van der Waals surface area contributed by atoms with Crippen LogP contribution in [0.2, 0.25) is 5.02 Å². The largest absolute Gasteiger partial charge is 0.493 e. The number of rotatable bonds is 10. The second-order valence-electron chi connectivity index (χ2n) is 7.85. The summed E-state index contributed by atoms with van der Waals surface area (Å²) in [4.78, 5) is 27.2. The smallest absolute Gasteiger partial charge is 0.226 e. The second-order valence-corrected chi connectivity index (χ2v) is 8.26. The number of likely N-dealkylation sites (tertiary alicyclic amines) is 1. The number of nitrogens with zero attached hydrogens (tertiary/aromatic N) is 1. The maximum Gasteiger partial charge on any atom is 0.226 e. The number of para-hydroxylation sites is 1. The van der Waals surface area contributed by atoms with Gasteiger partial charge in [-0.25, -0.2) is 0 Å². The monoisotopic (exact) mass is 474 g/mol. The van der Waals surface area contributed by atoms with E-state index in [-0.39, 0.29) is 24.2 Å². The molecule has 33 heavy (non-hydrogen) atoms. The van der Waals surface area contributed by atoms with Crippen LogP contribution >= 0.6 is 11.6 Å². The minimum atomic E-state index is -0.238. The molecular weight excluding hydrogens is 444 g/mol. The summed E-state index contributed by atoms with van der Waals surface area (Å²) in [6.45, 7) is 4.07. The molecule has 2 amide bonds. The van der Waals surface area contributed by atoms with Gasteiger partial charge in [0.1, 0.15) is 5.75 Å². The molecule has 0 radical (unpaired) electrons. The van der Waals surface area contributed by atoms with Crippen LogP contribution in [0.5, 0.6) is 17.2 Å². The first kappa shape index (κ1) is 24.7. The van der Waals surface area contributed by atoms with Gasteiger partial charge in [0.25, 0.3) is 0 Å². The van der Waals surface area contributed by atoms with Gasteiger partial charge >= 0.3 is 0 Å². The zero-order chi connectivity index (χ0) is 23.6. The van der Waals surface area contributed by atoms with Crippen molar-refractivity contribution in [3.63, 3.8) is 0 Å². The van der Waals surface area contributed by atoms with Crippen LogP contribution < -0.4 is 19.5 Å². The van der Waals surface area contributed by atoms with E-state index >= 15 is 0 Å². The highest BCUT2D eigenvalue weighted by atomic mass is 35.5. The number of hydrogen-bond donors (Lipinski definition) is 1. The molecule has 0 aliphatic carbocycles. The number of ether oxygens (including phenoxy) is 3. The molecule has 1 aliphatic rings. The average Bonchev–Trinajstić information content (AvgIpc) is 2.84. The predicted octanol–water partition coefficient (Wildman–Crippen LogP) is 4.07. The Morgan fingerprint density at radius 1 is 1.18 bits per heavy atom. The topological polar surface area (TPSA) is 77.1 Å². The summed E-state index contributed by atoms with van der Waals surface area (Å²) >= 11 is 6.32. The molecular formula is C25H31ClN2O5. The summed E-state index contributed by atoms with van der Waals surface area (Å²) in [6.07, 6.45) is 1.84. The van der Waals surface area contributed by atoms with Gasteiger partial charge in [-0.3, -0.25) is 9.59 Å². The number of amides is 2. The van der Waals surface area contributed by atoms with Gasteiger partial charge in [0.05, 0.1) is 37.7 Å². The average molecular weight is 475 g/mol. The van der Waals surface area contributed by atoms with Crippen molar-refractivity contribution in [3.05, 3.63) is 53.1 Å². The van der Waals surface area contributed by atoms with Gasteiger partial charge in [-0.1, -0.05) is 29.8 Å². The second kappa shape index (κ2) is 12.3. The first-order valence-corrected chi connectivity index (χ1v) is 11.6. The van der Waals surface area contributed by atoms with E-state index in [9.17, 15) is 9.59 Å². The minimum absolute atomic E-state index is 0.00598. The number of methoxy groups -OCH3 is 1. The highest BCUT2D eigenvalue weighted by molar-refractivity contribution is 6.32. The Morgan fingerprint density at radius 2 is 1.97 bits per heavy atom. The van der Waals surface area contributed by atoms with Crippen molar-refractivity contribution in [1.29, 1.82) is 0 Å². The Bertz CT molecular complexity index is 938. The molecule has 1 aliphatic heterocycles. The number of nitrogens with one attached hydrogen (secondary N) is 1. The highest BCUT2D eigenvalue weighted by Crippen LogP contribution is 2.36. The molecule has 1 saturated heterocycles. The Kier molecular flexibility index (Phi) is 9.24. The van der Waals surface area contributed by atoms with Gasteiger partial charge in [-0.2, -0.15) is 0 Å². The van der Waals surface area contributed by atoms with Gasteiger partial charge in [0.15, 0.2) is 11.5 Å². The Morgan fingerprint density at radius 3 is 2.70 bits per heavy atom. The van der Waals surface area contributed by atoms with Crippen LogP contribution in [0, 0.1) is 5.92 Å². The summed E-state index contributed by atoms with van der Waals surface area (Å²) in [6, 6.07) is 13.0. The Hall–Kier alpha value is -2.93. The number of carbonyl (C=O) groups is 2. The number of hydrogen-bond acceptors (Lipinski definition) is 5. The number of halogens is 1. The third kappa shape index (κ3) is 7.02. The normalized spacial score (nSPS) is 15.6. The lowest BCUT2D eigenvalue weighted by atomic mass is 9.96. The lowest BCUT2D eigenvalue weighted by molar-refractivity contribution is -0.136. The molecule has 3 rings (SSSR count). The van der Waals surface area contributed by atoms with E-state index in [2.05, 4.69) is 5.32 Å². The van der Waals surface area contributed by atoms with Crippen molar-refractivity contribution in [2.45, 2.75) is 32.7 Å². The molecule has 2 aromatic carbocycles. The summed E-state index contributed by atoms with van der Waals surface area (Å²) in [5, 5.41) is 3.40. The molecule has 1 fully saturated rings. The van der Waals surface area contributed by atoms with Gasteiger partial charge < -0.3 is 24.4 Å². The first-order valence-electron chi connectivity index (χ1n) is 11.2. The Labute approximate surface area is 200 Å². The van der Waals surface area contributed by atoms with Crippen molar-refractivity contribution in [2.24, 2.45) is 5.92 Å². The Balaban J connectivity index is 1.49. The van der Waals surface area contributed by atoms with E-state index in [1.54, 1.807) is 24.1 Å². The van der Waals surface area contributed by atoms with E-state index in [4.69, 9.17) is 25.8 Å². The summed E-state index contributed by atoms with van der Waals surface area (Å²) in [5.74, 6) is 1.46. The van der Waals surface area contributed by atoms with Crippen molar-refractivity contribution in [1.82, 2.24) is 10.2 Å². The van der Waals surface area contributed by atoms with E-state index in [0.29, 0.717) is 49.4 Å². The zero-order valence-corrected chi connectivity index (χ0v) is 19.9. The maximum absolute atomic E-state index is 12.8. The van der Waals surface area contributed by atoms with Crippen LogP contribution in [0.1, 0.15) is 31.7 Å². The van der Waals surface area contributed by atoms with Crippen LogP contribution in [0.25, 0.3) is 0 Å². The predicted molar refractivity (Wildman–Crippen MR) is 127 cm³/mol. The summed E-state index contributed by atoms with van der Waals surface area (Å²) < 4.78 is 16.5. The quantitative estimate of drug-likeness (QED) is 0.561. The summed E-state index contributed by atoms with van der Waals surface area (Å²) in [7, 11) is 1.55. The van der Waals surface area contributed by atoms with Crippen LogP contribution in [0.4, 0.5) is 0 Å². The molecule has 7 nitrogen and oxygen atoms in total. The molecule has 178 valence electrons. The van der Waals surface area contributed by atoms with Crippen molar-refractivity contribution in [3.8, 4) is 17.2 Å². The molecule has 1 unspecified atom stereocenters. The zero-order valence-electron chi connectivity index (χ0n) is 19.1. The van der Waals surface area contributed by atoms with E-state index in [1.807, 2.05) is 37.3 Å². The fourth-order valence-corrected chi connectivity index (χ4v) is 4.13. The van der Waals surface area contributed by atoms with E-state index in [0.717, 1.165) is 24.2 Å². The number of carbonyl (C=O) groups excluding carboxylic acids is 2. The van der Waals surface area contributed by atoms with Crippen LogP contribution in [-0.4, -0.2) is 50.1 Å². The van der Waals surface area contributed by atoms with Crippen molar-refractivity contribution >= 4 is 23.4 Å². The minimum Gasteiger partial charge on any atom is -0.493 e. The van der Waals surface area contributed by atoms with Crippen molar-refractivity contribution in [2.75, 3.05) is 33.4 Å². The lowest BCUT2D eigenvalue weighted by Crippen LogP contribution is -2.45. The number of piperidine rings is 1. The van der Waals surface area contributed by atoms with Gasteiger partial charge in [-0.05, 0) is 49.6 Å². The molecule has 0 bridgehead atoms. The molecule has 1 N–H and O–H groups in total. The molecule has 0 spiro atoms. The third-order valence-electron chi connectivity index (χ3n) is 5.52. The fraction of sp³-hybridized carbons (Fsp3) is 0.440. The molecule has 8 heteroatoms. The standard InChI is InChI=1S/C25H31ClN2O5/c1-3-32-24-21(26)14-18(15-22(24)31-2)16-27-25(30)19-8-7-12-28(17-19)23(29)11-13-33-20-9-5-4-6-10-20/h4-6,9-10,14-15,19H,3,7-8,11-13,16-17H2,1-2H3,(H,27,30). The molecule has 1 heterocycles.